The largest absolute Gasteiger partial charge is 0.481 e. The standard InChI is InChI=1S/C6H14.C3H6O2S/c1-3-5-6-4-2;4-3(5)1-2-6/h3-6H2,1-2H3;6H,1-2H2,(H,4,5). The number of hydrogen-bond donors (Lipinski definition) is 2. The van der Waals surface area contributed by atoms with Gasteiger partial charge in [-0.2, -0.15) is 12.6 Å². The third-order valence-electron chi connectivity index (χ3n) is 1.28. The van der Waals surface area contributed by atoms with Crippen LogP contribution in [0.1, 0.15) is 46.0 Å². The molecule has 0 bridgehead atoms. The summed E-state index contributed by atoms with van der Waals surface area (Å²) in [5.74, 6) is -0.361. The van der Waals surface area contributed by atoms with E-state index in [0.717, 1.165) is 0 Å². The van der Waals surface area contributed by atoms with E-state index in [2.05, 4.69) is 26.5 Å². The van der Waals surface area contributed by atoms with E-state index >= 15 is 0 Å². The Labute approximate surface area is 80.8 Å². The molecule has 0 atom stereocenters. The predicted molar refractivity (Wildman–Crippen MR) is 55.9 cm³/mol. The van der Waals surface area contributed by atoms with E-state index in [-0.39, 0.29) is 6.42 Å². The van der Waals surface area contributed by atoms with Crippen LogP contribution in [0.2, 0.25) is 0 Å². The van der Waals surface area contributed by atoms with Gasteiger partial charge < -0.3 is 5.11 Å². The second-order valence-corrected chi connectivity index (χ2v) is 3.02. The summed E-state index contributed by atoms with van der Waals surface area (Å²) in [7, 11) is 0. The minimum atomic E-state index is -0.787. The van der Waals surface area contributed by atoms with Crippen molar-refractivity contribution in [2.75, 3.05) is 5.75 Å². The molecule has 0 aliphatic rings. The Hall–Kier alpha value is -0.180. The van der Waals surface area contributed by atoms with Crippen molar-refractivity contribution in [3.05, 3.63) is 0 Å². The first-order chi connectivity index (χ1) is 5.68. The highest BCUT2D eigenvalue weighted by molar-refractivity contribution is 7.80. The van der Waals surface area contributed by atoms with E-state index in [4.69, 9.17) is 5.11 Å². The fourth-order valence-electron chi connectivity index (χ4n) is 0.596. The second-order valence-electron chi connectivity index (χ2n) is 2.57. The van der Waals surface area contributed by atoms with Crippen molar-refractivity contribution in [3.63, 3.8) is 0 Å². The number of aliphatic carboxylic acids is 1. The van der Waals surface area contributed by atoms with Crippen LogP contribution in [-0.2, 0) is 4.79 Å². The van der Waals surface area contributed by atoms with Gasteiger partial charge in [0.1, 0.15) is 0 Å². The third kappa shape index (κ3) is 22.6. The molecule has 2 nitrogen and oxygen atoms in total. The zero-order chi connectivity index (χ0) is 9.82. The van der Waals surface area contributed by atoms with Crippen molar-refractivity contribution in [3.8, 4) is 0 Å². The average molecular weight is 192 g/mol. The molecule has 0 radical (unpaired) electrons. The fourth-order valence-corrected chi connectivity index (χ4v) is 0.787. The van der Waals surface area contributed by atoms with Crippen LogP contribution in [0.3, 0.4) is 0 Å². The summed E-state index contributed by atoms with van der Waals surface area (Å²) in [6.07, 6.45) is 5.69. The maximum Gasteiger partial charge on any atom is 0.304 e. The maximum atomic E-state index is 9.55. The zero-order valence-corrected chi connectivity index (χ0v) is 8.94. The topological polar surface area (TPSA) is 37.3 Å². The summed E-state index contributed by atoms with van der Waals surface area (Å²) in [4.78, 5) is 9.55. The molecule has 0 aromatic heterocycles. The Morgan fingerprint density at radius 1 is 1.25 bits per heavy atom. The fraction of sp³-hybridized carbons (Fsp3) is 0.889. The minimum Gasteiger partial charge on any atom is -0.481 e. The number of carbonyl (C=O) groups is 1. The van der Waals surface area contributed by atoms with Gasteiger partial charge in [0, 0.05) is 5.75 Å². The lowest BCUT2D eigenvalue weighted by molar-refractivity contribution is -0.136. The second kappa shape index (κ2) is 13.4. The number of unbranched alkanes of at least 4 members (excludes halogenated alkanes) is 3. The third-order valence-corrected chi connectivity index (χ3v) is 1.51. The smallest absolute Gasteiger partial charge is 0.304 e. The van der Waals surface area contributed by atoms with Crippen LogP contribution in [0.25, 0.3) is 0 Å². The highest BCUT2D eigenvalue weighted by Crippen LogP contribution is 1.95. The lowest BCUT2D eigenvalue weighted by Gasteiger charge is -1.86. The Morgan fingerprint density at radius 3 is 1.75 bits per heavy atom. The van der Waals surface area contributed by atoms with Crippen molar-refractivity contribution in [1.82, 2.24) is 0 Å². The summed E-state index contributed by atoms with van der Waals surface area (Å²) in [5, 5.41) is 7.86. The summed E-state index contributed by atoms with van der Waals surface area (Å²) in [5.41, 5.74) is 0. The minimum absolute atomic E-state index is 0.156. The van der Waals surface area contributed by atoms with Crippen LogP contribution in [0, 0.1) is 0 Å². The monoisotopic (exact) mass is 192 g/mol. The lowest BCUT2D eigenvalue weighted by Crippen LogP contribution is -1.93. The Bertz CT molecular complexity index is 90.5. The molecule has 0 heterocycles. The zero-order valence-electron chi connectivity index (χ0n) is 8.05. The molecule has 0 saturated heterocycles. The van der Waals surface area contributed by atoms with E-state index in [1.54, 1.807) is 0 Å². The molecule has 0 fully saturated rings. The van der Waals surface area contributed by atoms with Crippen LogP contribution in [0.4, 0.5) is 0 Å². The molecule has 0 aliphatic heterocycles. The molecule has 0 spiro atoms. The quantitative estimate of drug-likeness (QED) is 0.519. The molecule has 1 N–H and O–H groups in total. The molecule has 0 amide bonds. The highest BCUT2D eigenvalue weighted by atomic mass is 32.1. The van der Waals surface area contributed by atoms with Crippen molar-refractivity contribution in [2.45, 2.75) is 46.0 Å². The number of thiol groups is 1. The van der Waals surface area contributed by atoms with E-state index in [9.17, 15) is 4.79 Å². The molecule has 0 aromatic carbocycles. The molecular formula is C9H20O2S. The van der Waals surface area contributed by atoms with Crippen LogP contribution in [0.5, 0.6) is 0 Å². The predicted octanol–water partition coefficient (Wildman–Crippen LogP) is 2.98. The molecule has 0 unspecified atom stereocenters. The van der Waals surface area contributed by atoms with E-state index in [0.29, 0.717) is 5.75 Å². The van der Waals surface area contributed by atoms with Gasteiger partial charge in [0.05, 0.1) is 6.42 Å². The van der Waals surface area contributed by atoms with Crippen molar-refractivity contribution < 1.29 is 9.90 Å². The average Bonchev–Trinajstić information content (AvgIpc) is 2.02. The summed E-state index contributed by atoms with van der Waals surface area (Å²) in [6.45, 7) is 4.46. The highest BCUT2D eigenvalue weighted by Gasteiger charge is 1.88. The van der Waals surface area contributed by atoms with Gasteiger partial charge in [0.2, 0.25) is 0 Å². The van der Waals surface area contributed by atoms with Gasteiger partial charge in [0.15, 0.2) is 0 Å². The van der Waals surface area contributed by atoms with Gasteiger partial charge in [-0.25, -0.2) is 0 Å². The molecule has 0 aromatic rings. The van der Waals surface area contributed by atoms with Crippen LogP contribution in [0.15, 0.2) is 0 Å². The van der Waals surface area contributed by atoms with Crippen molar-refractivity contribution in [1.29, 1.82) is 0 Å². The van der Waals surface area contributed by atoms with Crippen LogP contribution < -0.4 is 0 Å². The molecule has 74 valence electrons. The van der Waals surface area contributed by atoms with E-state index < -0.39 is 5.97 Å². The first kappa shape index (κ1) is 14.3. The Kier molecular flexibility index (Phi) is 16.0. The summed E-state index contributed by atoms with van der Waals surface area (Å²) in [6, 6.07) is 0. The Morgan fingerprint density at radius 2 is 1.67 bits per heavy atom. The molecular weight excluding hydrogens is 172 g/mol. The number of rotatable bonds is 5. The van der Waals surface area contributed by atoms with Crippen LogP contribution in [-0.4, -0.2) is 16.8 Å². The number of hydrogen-bond acceptors (Lipinski definition) is 2. The van der Waals surface area contributed by atoms with Crippen LogP contribution >= 0.6 is 12.6 Å². The first-order valence-corrected chi connectivity index (χ1v) is 5.14. The molecule has 0 rings (SSSR count). The normalized spacial score (nSPS) is 8.58. The van der Waals surface area contributed by atoms with Gasteiger partial charge in [-0.1, -0.05) is 39.5 Å². The van der Waals surface area contributed by atoms with Gasteiger partial charge >= 0.3 is 5.97 Å². The first-order valence-electron chi connectivity index (χ1n) is 4.51. The maximum absolute atomic E-state index is 9.55. The van der Waals surface area contributed by atoms with Crippen molar-refractivity contribution >= 4 is 18.6 Å². The van der Waals surface area contributed by atoms with Gasteiger partial charge in [-0.05, 0) is 0 Å². The van der Waals surface area contributed by atoms with Crippen molar-refractivity contribution in [2.24, 2.45) is 0 Å². The lowest BCUT2D eigenvalue weighted by atomic mass is 10.2. The van der Waals surface area contributed by atoms with Gasteiger partial charge in [-0.15, -0.1) is 0 Å². The molecule has 0 aliphatic carbocycles. The van der Waals surface area contributed by atoms with Gasteiger partial charge in [0.25, 0.3) is 0 Å². The van der Waals surface area contributed by atoms with E-state index in [1.165, 1.54) is 25.7 Å². The summed E-state index contributed by atoms with van der Waals surface area (Å²) >= 11 is 3.68. The summed E-state index contributed by atoms with van der Waals surface area (Å²) < 4.78 is 0. The number of carboxylic acid groups (broad SMARTS) is 1. The number of carboxylic acids is 1. The van der Waals surface area contributed by atoms with Gasteiger partial charge in [-0.3, -0.25) is 4.79 Å². The molecule has 0 saturated carbocycles. The SMILES string of the molecule is CCCCCC.O=C(O)CCS. The molecule has 12 heavy (non-hydrogen) atoms. The van der Waals surface area contributed by atoms with E-state index in [1.807, 2.05) is 0 Å². The Balaban J connectivity index is 0. The molecule has 3 heteroatoms.